The largest absolute Gasteiger partial charge is 0.469 e. The molecule has 0 bridgehead atoms. The SMILES string of the molecule is COC(=O)C(CCCc1ccccc1)CCc1ccc(-c2ccc(C(F)(F)F)cc2)cc1. The number of esters is 1. The summed E-state index contributed by atoms with van der Waals surface area (Å²) in [6.07, 6.45) is -0.294. The number of carbonyl (C=O) groups is 1. The molecular formula is C27H27F3O2. The van der Waals surface area contributed by atoms with Gasteiger partial charge < -0.3 is 4.74 Å². The van der Waals surface area contributed by atoms with E-state index >= 15 is 0 Å². The van der Waals surface area contributed by atoms with Gasteiger partial charge in [0.25, 0.3) is 0 Å². The van der Waals surface area contributed by atoms with Gasteiger partial charge in [-0.3, -0.25) is 4.79 Å². The molecule has 0 aromatic heterocycles. The molecule has 1 atom stereocenters. The predicted molar refractivity (Wildman–Crippen MR) is 120 cm³/mol. The van der Waals surface area contributed by atoms with Gasteiger partial charge in [-0.2, -0.15) is 13.2 Å². The first-order chi connectivity index (χ1) is 15.4. The fourth-order valence-corrected chi connectivity index (χ4v) is 3.80. The lowest BCUT2D eigenvalue weighted by Crippen LogP contribution is -2.17. The van der Waals surface area contributed by atoms with E-state index in [4.69, 9.17) is 4.74 Å². The molecule has 0 heterocycles. The van der Waals surface area contributed by atoms with Crippen molar-refractivity contribution in [2.24, 2.45) is 5.92 Å². The van der Waals surface area contributed by atoms with Crippen LogP contribution in [0.2, 0.25) is 0 Å². The summed E-state index contributed by atoms with van der Waals surface area (Å²) in [5.41, 5.74) is 3.28. The Hall–Kier alpha value is -3.08. The standard InChI is InChI=1S/C27H27F3O2/c1-32-26(31)24(9-5-8-20-6-3-2-4-7-20)15-12-21-10-13-22(14-11-21)23-16-18-25(19-17-23)27(28,29)30/h2-4,6-7,10-11,13-14,16-19,24H,5,8-9,12,15H2,1H3. The minimum Gasteiger partial charge on any atom is -0.469 e. The Bertz CT molecular complexity index is 978. The van der Waals surface area contributed by atoms with Gasteiger partial charge in [-0.1, -0.05) is 66.7 Å². The second-order valence-electron chi connectivity index (χ2n) is 7.91. The molecule has 0 N–H and O–H groups in total. The van der Waals surface area contributed by atoms with Crippen LogP contribution in [-0.2, 0) is 28.5 Å². The molecule has 0 aliphatic carbocycles. The van der Waals surface area contributed by atoms with Crippen molar-refractivity contribution < 1.29 is 22.7 Å². The van der Waals surface area contributed by atoms with E-state index in [0.29, 0.717) is 6.42 Å². The Morgan fingerprint density at radius 1 is 0.781 bits per heavy atom. The maximum atomic E-state index is 12.7. The number of benzene rings is 3. The maximum absolute atomic E-state index is 12.7. The summed E-state index contributed by atoms with van der Waals surface area (Å²) in [6, 6.07) is 23.1. The number of hydrogen-bond acceptors (Lipinski definition) is 2. The van der Waals surface area contributed by atoms with E-state index in [-0.39, 0.29) is 11.9 Å². The van der Waals surface area contributed by atoms with Crippen LogP contribution in [0.25, 0.3) is 11.1 Å². The van der Waals surface area contributed by atoms with Crippen LogP contribution in [0.1, 0.15) is 36.0 Å². The number of methoxy groups -OCH3 is 1. The van der Waals surface area contributed by atoms with Crippen molar-refractivity contribution in [2.75, 3.05) is 7.11 Å². The average Bonchev–Trinajstić information content (AvgIpc) is 2.81. The van der Waals surface area contributed by atoms with E-state index in [1.807, 2.05) is 42.5 Å². The Morgan fingerprint density at radius 2 is 1.34 bits per heavy atom. The molecule has 168 valence electrons. The third-order valence-electron chi connectivity index (χ3n) is 5.68. The second kappa shape index (κ2) is 11.0. The van der Waals surface area contributed by atoms with Gasteiger partial charge in [0.1, 0.15) is 0 Å². The van der Waals surface area contributed by atoms with Crippen LogP contribution in [0.5, 0.6) is 0 Å². The first-order valence-electron chi connectivity index (χ1n) is 10.7. The Labute approximate surface area is 187 Å². The molecule has 0 fully saturated rings. The Morgan fingerprint density at radius 3 is 1.91 bits per heavy atom. The van der Waals surface area contributed by atoms with Gasteiger partial charge in [0.05, 0.1) is 18.6 Å². The van der Waals surface area contributed by atoms with Crippen molar-refractivity contribution in [1.82, 2.24) is 0 Å². The summed E-state index contributed by atoms with van der Waals surface area (Å²) >= 11 is 0. The maximum Gasteiger partial charge on any atom is 0.416 e. The smallest absolute Gasteiger partial charge is 0.416 e. The molecule has 2 nitrogen and oxygen atoms in total. The van der Waals surface area contributed by atoms with E-state index in [1.165, 1.54) is 24.8 Å². The monoisotopic (exact) mass is 440 g/mol. The fourth-order valence-electron chi connectivity index (χ4n) is 3.80. The van der Waals surface area contributed by atoms with Crippen LogP contribution in [0.3, 0.4) is 0 Å². The van der Waals surface area contributed by atoms with E-state index in [2.05, 4.69) is 12.1 Å². The van der Waals surface area contributed by atoms with Gasteiger partial charge in [-0.25, -0.2) is 0 Å². The van der Waals surface area contributed by atoms with Crippen molar-refractivity contribution in [3.05, 3.63) is 95.6 Å². The minimum atomic E-state index is -4.33. The predicted octanol–water partition coefficient (Wildman–Crippen LogP) is 7.12. The molecular weight excluding hydrogens is 413 g/mol. The van der Waals surface area contributed by atoms with Gasteiger partial charge in [0.2, 0.25) is 0 Å². The minimum absolute atomic E-state index is 0.154. The topological polar surface area (TPSA) is 26.3 Å². The number of halogens is 3. The molecule has 0 aliphatic rings. The van der Waals surface area contributed by atoms with Crippen molar-refractivity contribution in [3.8, 4) is 11.1 Å². The van der Waals surface area contributed by atoms with Crippen LogP contribution in [0.4, 0.5) is 13.2 Å². The molecule has 0 saturated heterocycles. The summed E-state index contributed by atoms with van der Waals surface area (Å²) < 4.78 is 43.2. The number of aryl methyl sites for hydroxylation is 2. The third kappa shape index (κ3) is 6.71. The van der Waals surface area contributed by atoms with E-state index in [1.54, 1.807) is 0 Å². The summed E-state index contributed by atoms with van der Waals surface area (Å²) in [6.45, 7) is 0. The molecule has 0 amide bonds. The van der Waals surface area contributed by atoms with Crippen LogP contribution in [0, 0.1) is 5.92 Å². The second-order valence-corrected chi connectivity index (χ2v) is 7.91. The van der Waals surface area contributed by atoms with E-state index < -0.39 is 11.7 Å². The first kappa shape index (κ1) is 23.6. The normalized spacial score (nSPS) is 12.4. The molecule has 0 radical (unpaired) electrons. The zero-order valence-corrected chi connectivity index (χ0v) is 18.1. The molecule has 3 aromatic carbocycles. The highest BCUT2D eigenvalue weighted by Gasteiger charge is 2.29. The van der Waals surface area contributed by atoms with E-state index in [0.717, 1.165) is 54.5 Å². The Balaban J connectivity index is 1.56. The van der Waals surface area contributed by atoms with Crippen LogP contribution < -0.4 is 0 Å². The molecule has 3 rings (SSSR count). The molecule has 0 saturated carbocycles. The van der Waals surface area contributed by atoms with Crippen LogP contribution in [0.15, 0.2) is 78.9 Å². The number of hydrogen-bond donors (Lipinski definition) is 0. The molecule has 0 spiro atoms. The quantitative estimate of drug-likeness (QED) is 0.331. The highest BCUT2D eigenvalue weighted by atomic mass is 19.4. The number of carbonyl (C=O) groups excluding carboxylic acids is 1. The third-order valence-corrected chi connectivity index (χ3v) is 5.68. The lowest BCUT2D eigenvalue weighted by Gasteiger charge is -2.15. The molecule has 5 heteroatoms. The van der Waals surface area contributed by atoms with Crippen molar-refractivity contribution in [1.29, 1.82) is 0 Å². The van der Waals surface area contributed by atoms with Crippen LogP contribution >= 0.6 is 0 Å². The molecule has 32 heavy (non-hydrogen) atoms. The van der Waals surface area contributed by atoms with Gasteiger partial charge in [0, 0.05) is 0 Å². The van der Waals surface area contributed by atoms with Crippen molar-refractivity contribution in [3.63, 3.8) is 0 Å². The zero-order valence-electron chi connectivity index (χ0n) is 18.1. The van der Waals surface area contributed by atoms with Crippen molar-refractivity contribution >= 4 is 5.97 Å². The number of ether oxygens (including phenoxy) is 1. The summed E-state index contributed by atoms with van der Waals surface area (Å²) in [5.74, 6) is -0.335. The highest BCUT2D eigenvalue weighted by molar-refractivity contribution is 5.72. The van der Waals surface area contributed by atoms with Gasteiger partial charge in [0.15, 0.2) is 0 Å². The first-order valence-corrected chi connectivity index (χ1v) is 10.7. The summed E-state index contributed by atoms with van der Waals surface area (Å²) in [7, 11) is 1.42. The van der Waals surface area contributed by atoms with Gasteiger partial charge in [-0.05, 0) is 66.5 Å². The molecule has 3 aromatic rings. The Kier molecular flexibility index (Phi) is 8.09. The van der Waals surface area contributed by atoms with Crippen LogP contribution in [-0.4, -0.2) is 13.1 Å². The molecule has 1 unspecified atom stereocenters. The number of rotatable bonds is 9. The van der Waals surface area contributed by atoms with Gasteiger partial charge in [-0.15, -0.1) is 0 Å². The molecule has 0 aliphatic heterocycles. The average molecular weight is 441 g/mol. The highest BCUT2D eigenvalue weighted by Crippen LogP contribution is 2.31. The lowest BCUT2D eigenvalue weighted by molar-refractivity contribution is -0.146. The zero-order chi connectivity index (χ0) is 23.0. The number of alkyl halides is 3. The summed E-state index contributed by atoms with van der Waals surface area (Å²) in [4.78, 5) is 12.2. The van der Waals surface area contributed by atoms with Crippen molar-refractivity contribution in [2.45, 2.75) is 38.3 Å². The lowest BCUT2D eigenvalue weighted by atomic mass is 9.93. The van der Waals surface area contributed by atoms with Gasteiger partial charge >= 0.3 is 12.1 Å². The van der Waals surface area contributed by atoms with E-state index in [9.17, 15) is 18.0 Å². The summed E-state index contributed by atoms with van der Waals surface area (Å²) in [5, 5.41) is 0. The fraction of sp³-hybridized carbons (Fsp3) is 0.296.